The van der Waals surface area contributed by atoms with Crippen LogP contribution in [0.2, 0.25) is 0 Å². The van der Waals surface area contributed by atoms with Gasteiger partial charge in [-0.25, -0.2) is 0 Å². The van der Waals surface area contributed by atoms with E-state index in [0.29, 0.717) is 0 Å². The molecule has 0 aliphatic rings. The first-order valence-corrected chi connectivity index (χ1v) is 18.8. The molecule has 3 nitrogen and oxygen atoms in total. The standard InChI is InChI=1S/C52H34N2O/c1-2-12-35(13-3-1)38-15-10-16-42(34-38)53(40-29-31-41(32-30-40)54-48-21-8-6-18-45(48)46-19-7-9-22-49(46)54)39-27-24-37(25-28-39)43-20-11-23-50-51(43)47-33-26-36-14-4-5-17-44(36)52(47)55-50/h1-34H. The molecule has 0 aliphatic heterocycles. The molecule has 0 spiro atoms. The molecule has 55 heavy (non-hydrogen) atoms. The summed E-state index contributed by atoms with van der Waals surface area (Å²) >= 11 is 0. The lowest BCUT2D eigenvalue weighted by atomic mass is 9.98. The van der Waals surface area contributed by atoms with Gasteiger partial charge in [0.1, 0.15) is 11.2 Å². The second kappa shape index (κ2) is 12.6. The fourth-order valence-electron chi connectivity index (χ4n) is 8.44. The van der Waals surface area contributed by atoms with Crippen molar-refractivity contribution in [3.05, 3.63) is 206 Å². The third kappa shape index (κ3) is 5.13. The largest absolute Gasteiger partial charge is 0.455 e. The van der Waals surface area contributed by atoms with E-state index in [1.165, 1.54) is 38.3 Å². The van der Waals surface area contributed by atoms with Gasteiger partial charge in [0, 0.05) is 49.7 Å². The lowest BCUT2D eigenvalue weighted by Gasteiger charge is -2.26. The van der Waals surface area contributed by atoms with Crippen LogP contribution < -0.4 is 4.90 Å². The normalized spacial score (nSPS) is 11.6. The first kappa shape index (κ1) is 31.2. The number of benzene rings is 9. The highest BCUT2D eigenvalue weighted by molar-refractivity contribution is 6.19. The van der Waals surface area contributed by atoms with Gasteiger partial charge in [0.15, 0.2) is 0 Å². The Morgan fingerprint density at radius 1 is 0.382 bits per heavy atom. The zero-order valence-electron chi connectivity index (χ0n) is 29.9. The van der Waals surface area contributed by atoms with Gasteiger partial charge in [-0.2, -0.15) is 0 Å². The molecular weight excluding hydrogens is 669 g/mol. The highest BCUT2D eigenvalue weighted by Crippen LogP contribution is 2.42. The molecule has 11 aromatic rings. The van der Waals surface area contributed by atoms with E-state index in [0.717, 1.165) is 61.2 Å². The summed E-state index contributed by atoms with van der Waals surface area (Å²) in [5.74, 6) is 0. The van der Waals surface area contributed by atoms with Crippen LogP contribution in [0.3, 0.4) is 0 Å². The van der Waals surface area contributed by atoms with Crippen molar-refractivity contribution < 1.29 is 4.42 Å². The summed E-state index contributed by atoms with van der Waals surface area (Å²) in [5.41, 5.74) is 13.3. The summed E-state index contributed by atoms with van der Waals surface area (Å²) in [4.78, 5) is 2.35. The molecule has 3 heteroatoms. The second-order valence-corrected chi connectivity index (χ2v) is 14.1. The van der Waals surface area contributed by atoms with E-state index in [2.05, 4.69) is 216 Å². The topological polar surface area (TPSA) is 21.3 Å². The molecule has 2 heterocycles. The number of hydrogen-bond donors (Lipinski definition) is 0. The SMILES string of the molecule is c1ccc(-c2cccc(N(c3ccc(-c4cccc5oc6c7ccccc7ccc6c45)cc3)c3ccc(-n4c5ccccc5c5ccccc54)cc3)c2)cc1. The number of anilines is 3. The predicted molar refractivity (Wildman–Crippen MR) is 231 cm³/mol. The van der Waals surface area contributed by atoms with Crippen LogP contribution in [0, 0.1) is 0 Å². The van der Waals surface area contributed by atoms with Gasteiger partial charge in [-0.05, 0) is 100 Å². The molecule has 11 rings (SSSR count). The van der Waals surface area contributed by atoms with Gasteiger partial charge < -0.3 is 13.9 Å². The fraction of sp³-hybridized carbons (Fsp3) is 0. The Morgan fingerprint density at radius 3 is 1.75 bits per heavy atom. The minimum absolute atomic E-state index is 0.899. The second-order valence-electron chi connectivity index (χ2n) is 14.1. The van der Waals surface area contributed by atoms with Crippen molar-refractivity contribution in [1.82, 2.24) is 4.57 Å². The first-order valence-electron chi connectivity index (χ1n) is 18.8. The van der Waals surface area contributed by atoms with Crippen LogP contribution in [-0.4, -0.2) is 4.57 Å². The summed E-state index contributed by atoms with van der Waals surface area (Å²) in [6, 6.07) is 73.9. The van der Waals surface area contributed by atoms with Crippen LogP contribution in [0.5, 0.6) is 0 Å². The molecule has 0 fully saturated rings. The Hall–Kier alpha value is -7.36. The van der Waals surface area contributed by atoms with Crippen LogP contribution in [0.1, 0.15) is 0 Å². The van der Waals surface area contributed by atoms with E-state index in [4.69, 9.17) is 4.42 Å². The van der Waals surface area contributed by atoms with Crippen molar-refractivity contribution in [2.24, 2.45) is 0 Å². The van der Waals surface area contributed by atoms with Crippen LogP contribution in [-0.2, 0) is 0 Å². The fourth-order valence-corrected chi connectivity index (χ4v) is 8.44. The Labute approximate surface area is 318 Å². The summed E-state index contributed by atoms with van der Waals surface area (Å²) < 4.78 is 8.89. The maximum Gasteiger partial charge on any atom is 0.143 e. The van der Waals surface area contributed by atoms with E-state index >= 15 is 0 Å². The number of aromatic nitrogens is 1. The van der Waals surface area contributed by atoms with E-state index in [1.54, 1.807) is 0 Å². The summed E-state index contributed by atoms with van der Waals surface area (Å²) in [7, 11) is 0. The number of para-hydroxylation sites is 2. The molecule has 0 unspecified atom stereocenters. The van der Waals surface area contributed by atoms with Crippen LogP contribution in [0.25, 0.3) is 82.5 Å². The highest BCUT2D eigenvalue weighted by atomic mass is 16.3. The molecule has 0 amide bonds. The highest BCUT2D eigenvalue weighted by Gasteiger charge is 2.18. The number of hydrogen-bond acceptors (Lipinski definition) is 2. The molecule has 0 saturated heterocycles. The van der Waals surface area contributed by atoms with Crippen molar-refractivity contribution in [3.8, 4) is 27.9 Å². The van der Waals surface area contributed by atoms with Gasteiger partial charge in [-0.3, -0.25) is 0 Å². The summed E-state index contributed by atoms with van der Waals surface area (Å²) in [5, 5.41) is 7.11. The molecule has 0 radical (unpaired) electrons. The average molecular weight is 703 g/mol. The molecule has 0 atom stereocenters. The van der Waals surface area contributed by atoms with Crippen molar-refractivity contribution in [2.75, 3.05) is 4.90 Å². The molecule has 0 saturated carbocycles. The van der Waals surface area contributed by atoms with Crippen molar-refractivity contribution in [2.45, 2.75) is 0 Å². The van der Waals surface area contributed by atoms with Gasteiger partial charge in [-0.1, -0.05) is 133 Å². The molecule has 0 aliphatic carbocycles. The van der Waals surface area contributed by atoms with Gasteiger partial charge in [-0.15, -0.1) is 0 Å². The summed E-state index contributed by atoms with van der Waals surface area (Å²) in [6.07, 6.45) is 0. The predicted octanol–water partition coefficient (Wildman–Crippen LogP) is 14.6. The Morgan fingerprint density at radius 2 is 1.00 bits per heavy atom. The van der Waals surface area contributed by atoms with Crippen molar-refractivity contribution >= 4 is 71.6 Å². The van der Waals surface area contributed by atoms with E-state index < -0.39 is 0 Å². The van der Waals surface area contributed by atoms with Gasteiger partial charge in [0.05, 0.1) is 11.0 Å². The monoisotopic (exact) mass is 702 g/mol. The van der Waals surface area contributed by atoms with Gasteiger partial charge in [0.25, 0.3) is 0 Å². The number of fused-ring (bicyclic) bond motifs is 8. The number of furan rings is 1. The van der Waals surface area contributed by atoms with Crippen molar-refractivity contribution in [3.63, 3.8) is 0 Å². The van der Waals surface area contributed by atoms with Crippen LogP contribution >= 0.6 is 0 Å². The van der Waals surface area contributed by atoms with Gasteiger partial charge in [0.2, 0.25) is 0 Å². The minimum atomic E-state index is 0.899. The van der Waals surface area contributed by atoms with E-state index in [1.807, 2.05) is 0 Å². The van der Waals surface area contributed by atoms with Crippen molar-refractivity contribution in [1.29, 1.82) is 0 Å². The molecular formula is C52H34N2O. The third-order valence-electron chi connectivity index (χ3n) is 11.0. The zero-order chi connectivity index (χ0) is 36.3. The minimum Gasteiger partial charge on any atom is -0.455 e. The Bertz CT molecular complexity index is 3140. The molecule has 0 N–H and O–H groups in total. The van der Waals surface area contributed by atoms with E-state index in [-0.39, 0.29) is 0 Å². The maximum atomic E-state index is 6.53. The van der Waals surface area contributed by atoms with Crippen LogP contribution in [0.15, 0.2) is 211 Å². The molecule has 258 valence electrons. The zero-order valence-corrected chi connectivity index (χ0v) is 29.9. The van der Waals surface area contributed by atoms with E-state index in [9.17, 15) is 0 Å². The quantitative estimate of drug-likeness (QED) is 0.172. The molecule has 2 aromatic heterocycles. The van der Waals surface area contributed by atoms with Crippen LogP contribution in [0.4, 0.5) is 17.1 Å². The Balaban J connectivity index is 1.04. The first-order chi connectivity index (χ1) is 27.3. The van der Waals surface area contributed by atoms with Gasteiger partial charge >= 0.3 is 0 Å². The third-order valence-corrected chi connectivity index (χ3v) is 11.0. The average Bonchev–Trinajstić information content (AvgIpc) is 3.81. The lowest BCUT2D eigenvalue weighted by molar-refractivity contribution is 0.673. The number of rotatable bonds is 6. The molecule has 0 bridgehead atoms. The molecule has 9 aromatic carbocycles. The number of nitrogens with zero attached hydrogens (tertiary/aromatic N) is 2. The Kier molecular flexibility index (Phi) is 7.17. The smallest absolute Gasteiger partial charge is 0.143 e. The summed E-state index contributed by atoms with van der Waals surface area (Å²) in [6.45, 7) is 0. The lowest BCUT2D eigenvalue weighted by Crippen LogP contribution is -2.10. The maximum absolute atomic E-state index is 6.53.